The Kier molecular flexibility index (Phi) is 6.75. The molecule has 3 rings (SSSR count). The van der Waals surface area contributed by atoms with Crippen molar-refractivity contribution in [1.82, 2.24) is 15.2 Å². The van der Waals surface area contributed by atoms with Gasteiger partial charge in [0.15, 0.2) is 4.34 Å². The van der Waals surface area contributed by atoms with Crippen LogP contribution in [0.1, 0.15) is 25.3 Å². The van der Waals surface area contributed by atoms with Crippen LogP contribution in [-0.2, 0) is 20.7 Å². The molecule has 2 aromatic heterocycles. The van der Waals surface area contributed by atoms with E-state index in [9.17, 15) is 9.59 Å². The van der Waals surface area contributed by atoms with E-state index in [0.29, 0.717) is 23.2 Å². The molecule has 3 aromatic rings. The maximum Gasteiger partial charge on any atom is 0.312 e. The minimum atomic E-state index is -0.357. The summed E-state index contributed by atoms with van der Waals surface area (Å²) in [4.78, 5) is 28.7. The van der Waals surface area contributed by atoms with Gasteiger partial charge < -0.3 is 4.74 Å². The second-order valence-corrected chi connectivity index (χ2v) is 8.98. The predicted octanol–water partition coefficient (Wildman–Crippen LogP) is 3.76. The van der Waals surface area contributed by atoms with Crippen molar-refractivity contribution in [2.45, 2.75) is 36.3 Å². The number of nitrogens with one attached hydrogen (secondary N) is 1. The van der Waals surface area contributed by atoms with Gasteiger partial charge in [0.05, 0.1) is 28.5 Å². The molecule has 0 spiro atoms. The number of fused-ring (bicyclic) bond motifs is 1. The molecule has 10 heteroatoms. The number of thioether (sulfide) groups is 1. The number of rotatable bonds is 8. The number of hydrogen-bond donors (Lipinski definition) is 1. The van der Waals surface area contributed by atoms with Gasteiger partial charge in [-0.2, -0.15) is 0 Å². The van der Waals surface area contributed by atoms with E-state index in [1.165, 1.54) is 23.1 Å². The summed E-state index contributed by atoms with van der Waals surface area (Å²) in [5.41, 5.74) is 0.938. The Balaban J connectivity index is 1.61. The maximum absolute atomic E-state index is 12.6. The molecule has 0 saturated heterocycles. The van der Waals surface area contributed by atoms with Crippen LogP contribution in [0.15, 0.2) is 28.6 Å². The van der Waals surface area contributed by atoms with E-state index in [4.69, 9.17) is 4.74 Å². The molecule has 1 aromatic carbocycles. The number of carbonyl (C=O) groups excluding carboxylic acids is 2. The van der Waals surface area contributed by atoms with Crippen LogP contribution in [0.25, 0.3) is 10.2 Å². The van der Waals surface area contributed by atoms with Gasteiger partial charge in [-0.15, -0.1) is 21.5 Å². The van der Waals surface area contributed by atoms with E-state index in [-0.39, 0.29) is 23.5 Å². The maximum atomic E-state index is 12.6. The first-order chi connectivity index (χ1) is 13.1. The van der Waals surface area contributed by atoms with Crippen LogP contribution >= 0.6 is 34.4 Å². The van der Waals surface area contributed by atoms with Crippen molar-refractivity contribution < 1.29 is 14.3 Å². The van der Waals surface area contributed by atoms with Crippen LogP contribution in [0.4, 0.5) is 5.13 Å². The summed E-state index contributed by atoms with van der Waals surface area (Å²) in [7, 11) is 0. The highest BCUT2D eigenvalue weighted by atomic mass is 32.2. The van der Waals surface area contributed by atoms with Crippen LogP contribution in [0.2, 0.25) is 0 Å². The SMILES string of the molecule is CCOC(=O)Cc1nnc(NC(=O)C(CC)Sc2nc3ccccc3s2)s1. The fourth-order valence-electron chi connectivity index (χ4n) is 2.24. The number of ether oxygens (including phenoxy) is 1. The summed E-state index contributed by atoms with van der Waals surface area (Å²) in [5.74, 6) is -0.509. The highest BCUT2D eigenvalue weighted by molar-refractivity contribution is 8.02. The molecule has 27 heavy (non-hydrogen) atoms. The number of para-hydroxylation sites is 1. The zero-order valence-electron chi connectivity index (χ0n) is 14.8. The molecule has 0 aliphatic rings. The van der Waals surface area contributed by atoms with Gasteiger partial charge in [0, 0.05) is 0 Å². The molecule has 1 atom stereocenters. The Morgan fingerprint density at radius 2 is 2.04 bits per heavy atom. The van der Waals surface area contributed by atoms with Crippen LogP contribution < -0.4 is 5.32 Å². The summed E-state index contributed by atoms with van der Waals surface area (Å²) >= 11 is 4.19. The molecular weight excluding hydrogens is 404 g/mol. The Morgan fingerprint density at radius 1 is 1.22 bits per heavy atom. The van der Waals surface area contributed by atoms with Gasteiger partial charge in [-0.1, -0.05) is 42.2 Å². The average Bonchev–Trinajstić information content (AvgIpc) is 3.25. The van der Waals surface area contributed by atoms with Crippen LogP contribution in [0.3, 0.4) is 0 Å². The van der Waals surface area contributed by atoms with E-state index in [1.54, 1.807) is 18.3 Å². The second kappa shape index (κ2) is 9.25. The van der Waals surface area contributed by atoms with Crippen molar-refractivity contribution in [3.05, 3.63) is 29.3 Å². The summed E-state index contributed by atoms with van der Waals surface area (Å²) < 4.78 is 6.85. The molecule has 0 bridgehead atoms. The van der Waals surface area contributed by atoms with Crippen LogP contribution in [0.5, 0.6) is 0 Å². The first-order valence-corrected chi connectivity index (χ1v) is 10.9. The molecule has 0 radical (unpaired) electrons. The normalized spacial score (nSPS) is 12.1. The Labute approximate surface area is 168 Å². The van der Waals surface area contributed by atoms with Crippen molar-refractivity contribution in [2.75, 3.05) is 11.9 Å². The third-order valence-electron chi connectivity index (χ3n) is 3.48. The monoisotopic (exact) mass is 422 g/mol. The van der Waals surface area contributed by atoms with Gasteiger partial charge in [0.1, 0.15) is 5.01 Å². The van der Waals surface area contributed by atoms with E-state index in [1.807, 2.05) is 31.2 Å². The topological polar surface area (TPSA) is 94.1 Å². The van der Waals surface area contributed by atoms with E-state index in [0.717, 1.165) is 14.6 Å². The number of amides is 1. The molecule has 0 saturated carbocycles. The third kappa shape index (κ3) is 5.24. The smallest absolute Gasteiger partial charge is 0.312 e. The fourth-order valence-corrected chi connectivity index (χ4v) is 5.20. The number of esters is 1. The number of thiazole rings is 1. The van der Waals surface area contributed by atoms with Gasteiger partial charge in [-0.25, -0.2) is 4.98 Å². The second-order valence-electron chi connectivity index (χ2n) is 5.43. The largest absolute Gasteiger partial charge is 0.466 e. The summed E-state index contributed by atoms with van der Waals surface area (Å²) in [6.45, 7) is 4.02. The van der Waals surface area contributed by atoms with E-state index >= 15 is 0 Å². The molecule has 7 nitrogen and oxygen atoms in total. The number of nitrogens with zero attached hydrogens (tertiary/aromatic N) is 3. The summed E-state index contributed by atoms with van der Waals surface area (Å²) in [5, 5.41) is 11.2. The summed E-state index contributed by atoms with van der Waals surface area (Å²) in [6.07, 6.45) is 0.708. The highest BCUT2D eigenvalue weighted by Crippen LogP contribution is 2.33. The van der Waals surface area contributed by atoms with Gasteiger partial charge in [0.2, 0.25) is 11.0 Å². The lowest BCUT2D eigenvalue weighted by Gasteiger charge is -2.11. The molecular formula is C17H18N4O3S3. The number of anilines is 1. The lowest BCUT2D eigenvalue weighted by molar-refractivity contribution is -0.142. The molecule has 1 amide bonds. The Hall–Kier alpha value is -2.04. The van der Waals surface area contributed by atoms with E-state index in [2.05, 4.69) is 20.5 Å². The molecule has 0 fully saturated rings. The Bertz CT molecular complexity index is 907. The highest BCUT2D eigenvalue weighted by Gasteiger charge is 2.21. The van der Waals surface area contributed by atoms with Crippen molar-refractivity contribution in [3.63, 3.8) is 0 Å². The average molecular weight is 423 g/mol. The van der Waals surface area contributed by atoms with Gasteiger partial charge in [-0.3, -0.25) is 14.9 Å². The predicted molar refractivity (Wildman–Crippen MR) is 108 cm³/mol. The number of benzene rings is 1. The Morgan fingerprint density at radius 3 is 2.78 bits per heavy atom. The van der Waals surface area contributed by atoms with Crippen molar-refractivity contribution in [2.24, 2.45) is 0 Å². The molecule has 0 aliphatic carbocycles. The number of carbonyl (C=O) groups is 2. The molecule has 1 N–H and O–H groups in total. The van der Waals surface area contributed by atoms with E-state index < -0.39 is 0 Å². The lowest BCUT2D eigenvalue weighted by atomic mass is 10.3. The first-order valence-electron chi connectivity index (χ1n) is 8.40. The third-order valence-corrected chi connectivity index (χ3v) is 6.81. The van der Waals surface area contributed by atoms with Gasteiger partial charge >= 0.3 is 5.97 Å². The zero-order chi connectivity index (χ0) is 19.2. The van der Waals surface area contributed by atoms with Crippen LogP contribution in [-0.4, -0.2) is 38.9 Å². The number of hydrogen-bond acceptors (Lipinski definition) is 9. The quantitative estimate of drug-likeness (QED) is 0.436. The minimum absolute atomic E-state index is 0.0546. The lowest BCUT2D eigenvalue weighted by Crippen LogP contribution is -2.24. The molecule has 2 heterocycles. The first kappa shape index (κ1) is 19.7. The van der Waals surface area contributed by atoms with Crippen molar-refractivity contribution >= 4 is 61.7 Å². The summed E-state index contributed by atoms with van der Waals surface area (Å²) in [6, 6.07) is 7.90. The molecule has 142 valence electrons. The van der Waals surface area contributed by atoms with Crippen molar-refractivity contribution in [3.8, 4) is 0 Å². The van der Waals surface area contributed by atoms with Gasteiger partial charge in [-0.05, 0) is 25.5 Å². The molecule has 0 aliphatic heterocycles. The van der Waals surface area contributed by atoms with Crippen molar-refractivity contribution in [1.29, 1.82) is 0 Å². The van der Waals surface area contributed by atoms with Gasteiger partial charge in [0.25, 0.3) is 0 Å². The fraction of sp³-hybridized carbons (Fsp3) is 0.353. The standard InChI is InChI=1S/C17H18N4O3S3/c1-3-11(25-17-18-10-7-5-6-8-12(10)26-17)15(23)19-16-21-20-13(27-16)9-14(22)24-4-2/h5-8,11H,3-4,9H2,1-2H3,(H,19,21,23). The zero-order valence-corrected chi connectivity index (χ0v) is 17.2. The minimum Gasteiger partial charge on any atom is -0.466 e. The van der Waals surface area contributed by atoms with Crippen LogP contribution in [0, 0.1) is 0 Å². The number of aromatic nitrogens is 3. The molecule has 1 unspecified atom stereocenters.